The molecule has 0 radical (unpaired) electrons. The third-order valence-corrected chi connectivity index (χ3v) is 4.53. The minimum absolute atomic E-state index is 0.129. The van der Waals surface area contributed by atoms with E-state index in [1.165, 1.54) is 5.69 Å². The fourth-order valence-electron chi connectivity index (χ4n) is 3.08. The van der Waals surface area contributed by atoms with Crippen molar-refractivity contribution in [1.82, 2.24) is 4.90 Å². The van der Waals surface area contributed by atoms with Crippen molar-refractivity contribution in [2.75, 3.05) is 45.3 Å². The average molecular weight is 342 g/mol. The van der Waals surface area contributed by atoms with Crippen molar-refractivity contribution in [3.05, 3.63) is 48.3 Å². The van der Waals surface area contributed by atoms with Crippen LogP contribution in [0.15, 0.2) is 42.7 Å². The Bertz CT molecular complexity index is 713. The molecule has 0 spiro atoms. The Kier molecular flexibility index (Phi) is 5.38. The fourth-order valence-corrected chi connectivity index (χ4v) is 3.08. The maximum absolute atomic E-state index is 12.6. The van der Waals surface area contributed by atoms with Crippen LogP contribution in [-0.4, -0.2) is 51.2 Å². The van der Waals surface area contributed by atoms with Crippen molar-refractivity contribution in [3.63, 3.8) is 0 Å². The summed E-state index contributed by atoms with van der Waals surface area (Å²) >= 11 is 0. The van der Waals surface area contributed by atoms with E-state index in [9.17, 15) is 4.79 Å². The quantitative estimate of drug-likeness (QED) is 0.824. The van der Waals surface area contributed by atoms with Gasteiger partial charge in [-0.25, -0.2) is 4.98 Å². The number of hydrogen-bond acceptors (Lipinski definition) is 4. The van der Waals surface area contributed by atoms with Gasteiger partial charge in [-0.1, -0.05) is 6.07 Å². The van der Waals surface area contributed by atoms with E-state index in [0.717, 1.165) is 37.5 Å². The lowest BCUT2D eigenvalue weighted by molar-refractivity contribution is -0.377. The molecule has 3 rings (SSSR count). The number of amides is 1. The van der Waals surface area contributed by atoms with Gasteiger partial charge in [0.25, 0.3) is 0 Å². The molecule has 1 amide bonds. The first-order valence-electron chi connectivity index (χ1n) is 8.41. The second-order valence-electron chi connectivity index (χ2n) is 5.98. The smallest absolute Gasteiger partial charge is 0.227 e. The first-order valence-corrected chi connectivity index (χ1v) is 8.41. The molecule has 1 aliphatic heterocycles. The Balaban J connectivity index is 1.60. The predicted octanol–water partition coefficient (Wildman–Crippen LogP) is 1.41. The lowest BCUT2D eigenvalue weighted by Crippen LogP contribution is -2.49. The van der Waals surface area contributed by atoms with Crippen LogP contribution in [0.25, 0.3) is 0 Å². The van der Waals surface area contributed by atoms with Crippen molar-refractivity contribution in [2.45, 2.75) is 6.42 Å². The number of carbonyl (C=O) groups is 1. The molecule has 1 fully saturated rings. The first kappa shape index (κ1) is 17.1. The number of anilines is 1. The highest BCUT2D eigenvalue weighted by atomic mass is 16.5. The van der Waals surface area contributed by atoms with Gasteiger partial charge in [-0.2, -0.15) is 0 Å². The molecule has 25 heavy (non-hydrogen) atoms. The van der Waals surface area contributed by atoms with Gasteiger partial charge in [0.05, 0.1) is 20.6 Å². The van der Waals surface area contributed by atoms with Crippen LogP contribution in [0.3, 0.4) is 0 Å². The van der Waals surface area contributed by atoms with Crippen molar-refractivity contribution in [1.29, 1.82) is 0 Å². The maximum Gasteiger partial charge on any atom is 0.227 e. The number of hydrogen-bond donors (Lipinski definition) is 0. The van der Waals surface area contributed by atoms with Crippen LogP contribution in [0.1, 0.15) is 5.56 Å². The van der Waals surface area contributed by atoms with Crippen molar-refractivity contribution in [3.8, 4) is 11.5 Å². The van der Waals surface area contributed by atoms with E-state index in [1.807, 2.05) is 35.5 Å². The van der Waals surface area contributed by atoms with Gasteiger partial charge in [0.1, 0.15) is 11.5 Å². The van der Waals surface area contributed by atoms with Crippen LogP contribution < -0.4 is 19.4 Å². The molecule has 6 heteroatoms. The van der Waals surface area contributed by atoms with E-state index in [2.05, 4.69) is 22.0 Å². The summed E-state index contributed by atoms with van der Waals surface area (Å²) in [6.07, 6.45) is 4.18. The van der Waals surface area contributed by atoms with Crippen LogP contribution in [-0.2, 0) is 11.2 Å². The van der Waals surface area contributed by atoms with E-state index in [4.69, 9.17) is 9.47 Å². The van der Waals surface area contributed by atoms with Gasteiger partial charge in [0.15, 0.2) is 12.4 Å². The second-order valence-corrected chi connectivity index (χ2v) is 5.98. The Hall–Kier alpha value is -2.76. The highest BCUT2D eigenvalue weighted by Gasteiger charge is 2.22. The topological polar surface area (TPSA) is 56.2 Å². The number of piperazine rings is 1. The minimum Gasteiger partial charge on any atom is -0.497 e. The van der Waals surface area contributed by atoms with Crippen molar-refractivity contribution >= 4 is 11.6 Å². The zero-order valence-corrected chi connectivity index (χ0v) is 14.7. The van der Waals surface area contributed by atoms with Crippen LogP contribution >= 0.6 is 0 Å². The van der Waals surface area contributed by atoms with Gasteiger partial charge in [0, 0.05) is 55.6 Å². The number of nitrogens with one attached hydrogen (secondary N) is 1. The monoisotopic (exact) mass is 342 g/mol. The number of methoxy groups -OCH3 is 2. The number of ether oxygens (including phenoxy) is 2. The summed E-state index contributed by atoms with van der Waals surface area (Å²) in [4.78, 5) is 19.9. The number of rotatable bonds is 5. The van der Waals surface area contributed by atoms with Gasteiger partial charge < -0.3 is 19.3 Å². The van der Waals surface area contributed by atoms with E-state index >= 15 is 0 Å². The Morgan fingerprint density at radius 2 is 1.76 bits per heavy atom. The summed E-state index contributed by atoms with van der Waals surface area (Å²) in [5.74, 6) is 1.54. The molecule has 0 atom stereocenters. The summed E-state index contributed by atoms with van der Waals surface area (Å²) in [5, 5.41) is 0. The SMILES string of the molecule is COc1ccc(CC(=O)N2CCN(c3cc[nH+]cc3)CC2)c(OC)c1. The summed E-state index contributed by atoms with van der Waals surface area (Å²) in [7, 11) is 3.22. The van der Waals surface area contributed by atoms with Crippen molar-refractivity contribution < 1.29 is 19.3 Å². The molecule has 0 aliphatic carbocycles. The van der Waals surface area contributed by atoms with E-state index < -0.39 is 0 Å². The highest BCUT2D eigenvalue weighted by Crippen LogP contribution is 2.25. The normalized spacial score (nSPS) is 14.3. The Morgan fingerprint density at radius 1 is 1.04 bits per heavy atom. The molecule has 0 unspecified atom stereocenters. The summed E-state index contributed by atoms with van der Waals surface area (Å²) in [6.45, 7) is 3.15. The number of aromatic amines is 1. The Morgan fingerprint density at radius 3 is 2.40 bits per heavy atom. The number of nitrogens with zero attached hydrogens (tertiary/aromatic N) is 2. The van der Waals surface area contributed by atoms with Crippen LogP contribution in [0.2, 0.25) is 0 Å². The molecule has 0 saturated carbocycles. The van der Waals surface area contributed by atoms with Crippen LogP contribution in [0.4, 0.5) is 5.69 Å². The number of H-pyrrole nitrogens is 1. The fraction of sp³-hybridized carbons (Fsp3) is 0.368. The molecule has 1 saturated heterocycles. The predicted molar refractivity (Wildman–Crippen MR) is 95.0 cm³/mol. The first-order chi connectivity index (χ1) is 12.2. The lowest BCUT2D eigenvalue weighted by atomic mass is 10.1. The summed E-state index contributed by atoms with van der Waals surface area (Å²) in [5.41, 5.74) is 2.07. The Labute approximate surface area is 148 Å². The van der Waals surface area contributed by atoms with E-state index in [0.29, 0.717) is 12.2 Å². The summed E-state index contributed by atoms with van der Waals surface area (Å²) in [6, 6.07) is 9.67. The zero-order chi connectivity index (χ0) is 17.6. The number of benzene rings is 1. The molecule has 0 bridgehead atoms. The van der Waals surface area contributed by atoms with Gasteiger partial charge in [-0.3, -0.25) is 4.79 Å². The van der Waals surface area contributed by atoms with Gasteiger partial charge in [0.2, 0.25) is 5.91 Å². The van der Waals surface area contributed by atoms with Gasteiger partial charge in [-0.15, -0.1) is 0 Å². The average Bonchev–Trinajstić information content (AvgIpc) is 2.69. The number of pyridine rings is 1. The van der Waals surface area contributed by atoms with Crippen LogP contribution in [0, 0.1) is 0 Å². The third kappa shape index (κ3) is 4.02. The zero-order valence-electron chi connectivity index (χ0n) is 14.7. The van der Waals surface area contributed by atoms with E-state index in [1.54, 1.807) is 14.2 Å². The standard InChI is InChI=1S/C19H23N3O3/c1-24-17-4-3-15(18(14-17)25-2)13-19(23)22-11-9-21(10-12-22)16-5-7-20-8-6-16/h3-8,14H,9-13H2,1-2H3/p+1. The number of carbonyl (C=O) groups excluding carboxylic acids is 1. The lowest BCUT2D eigenvalue weighted by Gasteiger charge is -2.36. The largest absolute Gasteiger partial charge is 0.497 e. The molecule has 1 aromatic carbocycles. The molecule has 1 N–H and O–H groups in total. The number of aromatic nitrogens is 1. The molecule has 2 heterocycles. The molecule has 132 valence electrons. The summed E-state index contributed by atoms with van der Waals surface area (Å²) < 4.78 is 10.6. The highest BCUT2D eigenvalue weighted by molar-refractivity contribution is 5.80. The maximum atomic E-state index is 12.6. The van der Waals surface area contributed by atoms with E-state index in [-0.39, 0.29) is 5.91 Å². The molecule has 1 aliphatic rings. The van der Waals surface area contributed by atoms with Gasteiger partial charge >= 0.3 is 0 Å². The molecular formula is C19H24N3O3+. The van der Waals surface area contributed by atoms with Gasteiger partial charge in [-0.05, 0) is 6.07 Å². The molecule has 6 nitrogen and oxygen atoms in total. The van der Waals surface area contributed by atoms with Crippen molar-refractivity contribution in [2.24, 2.45) is 0 Å². The second kappa shape index (κ2) is 7.88. The molecular weight excluding hydrogens is 318 g/mol. The van der Waals surface area contributed by atoms with Crippen LogP contribution in [0.5, 0.6) is 11.5 Å². The molecule has 2 aromatic rings. The molecule has 1 aromatic heterocycles. The minimum atomic E-state index is 0.129. The third-order valence-electron chi connectivity index (χ3n) is 4.53.